The zero-order valence-electron chi connectivity index (χ0n) is 20.2. The van der Waals surface area contributed by atoms with Gasteiger partial charge < -0.3 is 14.5 Å². The maximum Gasteiger partial charge on any atom is 0.234 e. The monoisotopic (exact) mass is 531 g/mol. The Kier molecular flexibility index (Phi) is 6.77. The normalized spacial score (nSPS) is 15.4. The first kappa shape index (κ1) is 23.9. The molecule has 4 heterocycles. The van der Waals surface area contributed by atoms with Crippen LogP contribution in [0.25, 0.3) is 32.4 Å². The van der Waals surface area contributed by atoms with Gasteiger partial charge >= 0.3 is 0 Å². The molecular formula is C27H25N5O3S2. The number of nitrogens with zero attached hydrogens (tertiary/aromatic N) is 4. The Morgan fingerprint density at radius 2 is 2.08 bits per heavy atom. The lowest BCUT2D eigenvalue weighted by Crippen LogP contribution is -2.18. The molecule has 0 bridgehead atoms. The smallest absolute Gasteiger partial charge is 0.234 e. The van der Waals surface area contributed by atoms with Gasteiger partial charge in [0.15, 0.2) is 10.9 Å². The number of fused-ring (bicyclic) bond motifs is 1. The van der Waals surface area contributed by atoms with Gasteiger partial charge in [-0.1, -0.05) is 17.8 Å². The predicted octanol–water partition coefficient (Wildman–Crippen LogP) is 6.03. The molecule has 1 aliphatic rings. The number of carbonyl (C=O) groups excluding carboxylic acids is 1. The van der Waals surface area contributed by atoms with E-state index < -0.39 is 0 Å². The fourth-order valence-electron chi connectivity index (χ4n) is 4.32. The molecule has 0 radical (unpaired) electrons. The minimum atomic E-state index is -0.112. The molecule has 37 heavy (non-hydrogen) atoms. The van der Waals surface area contributed by atoms with Crippen molar-refractivity contribution in [2.45, 2.75) is 37.6 Å². The van der Waals surface area contributed by atoms with Crippen LogP contribution in [0.15, 0.2) is 70.4 Å². The third-order valence-corrected chi connectivity index (χ3v) is 8.19. The van der Waals surface area contributed by atoms with Gasteiger partial charge in [0.25, 0.3) is 0 Å². The third-order valence-electron chi connectivity index (χ3n) is 6.16. The molecule has 1 atom stereocenters. The Hall–Kier alpha value is -3.47. The lowest BCUT2D eigenvalue weighted by atomic mass is 10.2. The van der Waals surface area contributed by atoms with Crippen LogP contribution in [0.3, 0.4) is 0 Å². The van der Waals surface area contributed by atoms with Crippen molar-refractivity contribution in [2.24, 2.45) is 0 Å². The maximum atomic E-state index is 12.7. The Bertz CT molecular complexity index is 1520. The van der Waals surface area contributed by atoms with E-state index in [0.717, 1.165) is 41.2 Å². The van der Waals surface area contributed by atoms with Crippen LogP contribution < -0.4 is 5.32 Å². The molecule has 1 saturated heterocycles. The van der Waals surface area contributed by atoms with Crippen molar-refractivity contribution in [3.63, 3.8) is 0 Å². The second kappa shape index (κ2) is 10.5. The Balaban J connectivity index is 1.11. The number of amides is 1. The second-order valence-corrected chi connectivity index (χ2v) is 10.9. The second-order valence-electron chi connectivity index (χ2n) is 8.93. The fourth-order valence-corrected chi connectivity index (χ4v) is 6.14. The zero-order chi connectivity index (χ0) is 25.2. The highest BCUT2D eigenvalue weighted by atomic mass is 32.2. The van der Waals surface area contributed by atoms with Gasteiger partial charge in [0, 0.05) is 17.9 Å². The number of thioether (sulfide) groups is 1. The minimum absolute atomic E-state index is 0.107. The molecule has 1 aliphatic heterocycles. The number of furan rings is 1. The Morgan fingerprint density at radius 3 is 2.86 bits per heavy atom. The molecule has 3 aromatic heterocycles. The molecule has 5 aromatic rings. The number of anilines is 1. The van der Waals surface area contributed by atoms with Crippen LogP contribution in [0.1, 0.15) is 18.4 Å². The van der Waals surface area contributed by atoms with Crippen LogP contribution in [-0.2, 0) is 16.1 Å². The van der Waals surface area contributed by atoms with Crippen molar-refractivity contribution in [3.8, 4) is 22.2 Å². The van der Waals surface area contributed by atoms with E-state index in [0.29, 0.717) is 23.3 Å². The van der Waals surface area contributed by atoms with E-state index >= 15 is 0 Å². The van der Waals surface area contributed by atoms with E-state index in [9.17, 15) is 4.79 Å². The molecule has 188 valence electrons. The SMILES string of the molecule is Cc1ccc2nc(-c3ccc(NC(=O)CSc4nnc(-c5ccco5)n4CC4CCCO4)cc3)sc2c1. The molecule has 2 aromatic carbocycles. The van der Waals surface area contributed by atoms with Crippen LogP contribution in [0.5, 0.6) is 0 Å². The molecule has 1 fully saturated rings. The summed E-state index contributed by atoms with van der Waals surface area (Å²) in [5.74, 6) is 1.38. The van der Waals surface area contributed by atoms with Gasteiger partial charge in [-0.15, -0.1) is 21.5 Å². The van der Waals surface area contributed by atoms with Gasteiger partial charge in [-0.2, -0.15) is 0 Å². The number of carbonyl (C=O) groups is 1. The van der Waals surface area contributed by atoms with Crippen molar-refractivity contribution in [2.75, 3.05) is 17.7 Å². The number of hydrogen-bond acceptors (Lipinski definition) is 8. The number of nitrogens with one attached hydrogen (secondary N) is 1. The zero-order valence-corrected chi connectivity index (χ0v) is 21.8. The number of ether oxygens (including phenoxy) is 1. The van der Waals surface area contributed by atoms with Crippen molar-refractivity contribution in [1.82, 2.24) is 19.7 Å². The van der Waals surface area contributed by atoms with Crippen molar-refractivity contribution in [1.29, 1.82) is 0 Å². The quantitative estimate of drug-likeness (QED) is 0.244. The first-order chi connectivity index (χ1) is 18.1. The van der Waals surface area contributed by atoms with E-state index in [-0.39, 0.29) is 17.8 Å². The molecule has 0 spiro atoms. The Morgan fingerprint density at radius 1 is 1.19 bits per heavy atom. The number of rotatable bonds is 8. The summed E-state index contributed by atoms with van der Waals surface area (Å²) in [5.41, 5.74) is 3.99. The van der Waals surface area contributed by atoms with Gasteiger partial charge in [-0.25, -0.2) is 4.98 Å². The lowest BCUT2D eigenvalue weighted by Gasteiger charge is -2.14. The third kappa shape index (κ3) is 5.31. The molecule has 10 heteroatoms. The summed E-state index contributed by atoms with van der Waals surface area (Å²) < 4.78 is 14.5. The average Bonchev–Trinajstić information content (AvgIpc) is 3.71. The van der Waals surface area contributed by atoms with E-state index in [1.807, 2.05) is 41.0 Å². The van der Waals surface area contributed by atoms with Crippen LogP contribution in [0.4, 0.5) is 5.69 Å². The highest BCUT2D eigenvalue weighted by Crippen LogP contribution is 2.31. The lowest BCUT2D eigenvalue weighted by molar-refractivity contribution is -0.113. The minimum Gasteiger partial charge on any atom is -0.461 e. The van der Waals surface area contributed by atoms with Gasteiger partial charge in [-0.05, 0) is 73.9 Å². The van der Waals surface area contributed by atoms with Crippen LogP contribution in [0, 0.1) is 6.92 Å². The predicted molar refractivity (Wildman–Crippen MR) is 146 cm³/mol. The molecule has 0 saturated carbocycles. The van der Waals surface area contributed by atoms with Gasteiger partial charge in [-0.3, -0.25) is 9.36 Å². The van der Waals surface area contributed by atoms with Crippen molar-refractivity contribution < 1.29 is 13.9 Å². The van der Waals surface area contributed by atoms with Crippen molar-refractivity contribution >= 4 is 44.9 Å². The summed E-state index contributed by atoms with van der Waals surface area (Å²) in [4.78, 5) is 17.5. The molecule has 8 nitrogen and oxygen atoms in total. The molecule has 6 rings (SSSR count). The maximum absolute atomic E-state index is 12.7. The molecule has 1 N–H and O–H groups in total. The van der Waals surface area contributed by atoms with Crippen LogP contribution >= 0.6 is 23.1 Å². The number of aryl methyl sites for hydroxylation is 1. The molecular weight excluding hydrogens is 506 g/mol. The summed E-state index contributed by atoms with van der Waals surface area (Å²) in [6, 6.07) is 17.7. The van der Waals surface area contributed by atoms with E-state index in [1.54, 1.807) is 17.6 Å². The Labute approximate surface area is 222 Å². The molecule has 0 aliphatic carbocycles. The van der Waals surface area contributed by atoms with Crippen molar-refractivity contribution in [3.05, 3.63) is 66.4 Å². The first-order valence-electron chi connectivity index (χ1n) is 12.1. The first-order valence-corrected chi connectivity index (χ1v) is 13.9. The highest BCUT2D eigenvalue weighted by Gasteiger charge is 2.23. The topological polar surface area (TPSA) is 95.1 Å². The van der Waals surface area contributed by atoms with Crippen LogP contribution in [-0.4, -0.2) is 44.1 Å². The number of hydrogen-bond donors (Lipinski definition) is 1. The standard InChI is InChI=1S/C27H25N5O3S2/c1-17-6-11-21-23(14-17)37-26(29-21)18-7-9-19(10-8-18)28-24(33)16-36-27-31-30-25(22-5-3-13-35-22)32(27)15-20-4-2-12-34-20/h3,5-11,13-14,20H,2,4,12,15-16H2,1H3,(H,28,33). The number of aromatic nitrogens is 4. The summed E-state index contributed by atoms with van der Waals surface area (Å²) in [6.45, 7) is 3.48. The summed E-state index contributed by atoms with van der Waals surface area (Å²) in [6.07, 6.45) is 3.76. The van der Waals surface area contributed by atoms with E-state index in [1.165, 1.54) is 22.0 Å². The van der Waals surface area contributed by atoms with Gasteiger partial charge in [0.05, 0.1) is 34.9 Å². The fraction of sp³-hybridized carbons (Fsp3) is 0.259. The van der Waals surface area contributed by atoms with Crippen LogP contribution in [0.2, 0.25) is 0 Å². The number of thiazole rings is 1. The molecule has 1 amide bonds. The summed E-state index contributed by atoms with van der Waals surface area (Å²) in [7, 11) is 0. The largest absolute Gasteiger partial charge is 0.461 e. The average molecular weight is 532 g/mol. The van der Waals surface area contributed by atoms with E-state index in [2.05, 4.69) is 40.6 Å². The van der Waals surface area contributed by atoms with Gasteiger partial charge in [0.2, 0.25) is 11.7 Å². The molecule has 1 unspecified atom stereocenters. The summed E-state index contributed by atoms with van der Waals surface area (Å²) in [5, 5.41) is 13.3. The highest BCUT2D eigenvalue weighted by molar-refractivity contribution is 7.99. The van der Waals surface area contributed by atoms with Gasteiger partial charge in [0.1, 0.15) is 5.01 Å². The number of benzene rings is 2. The van der Waals surface area contributed by atoms with E-state index in [4.69, 9.17) is 14.1 Å². The summed E-state index contributed by atoms with van der Waals surface area (Å²) >= 11 is 3.02.